The molecule has 0 N–H and O–H groups in total. The Balaban J connectivity index is 2.01. The van der Waals surface area contributed by atoms with Crippen LogP contribution in [0.1, 0.15) is 11.1 Å². The van der Waals surface area contributed by atoms with Gasteiger partial charge in [-0.25, -0.2) is 4.68 Å². The molecule has 0 atom stereocenters. The summed E-state index contributed by atoms with van der Waals surface area (Å²) in [6, 6.07) is 6.28. The van der Waals surface area contributed by atoms with Gasteiger partial charge in [-0.15, -0.1) is 0 Å². The van der Waals surface area contributed by atoms with E-state index in [-0.39, 0.29) is 5.56 Å². The van der Waals surface area contributed by atoms with Crippen LogP contribution in [0, 0.1) is 0 Å². The van der Waals surface area contributed by atoms with Gasteiger partial charge >= 0.3 is 0 Å². The van der Waals surface area contributed by atoms with E-state index in [1.54, 1.807) is 13.2 Å². The molecule has 0 saturated heterocycles. The van der Waals surface area contributed by atoms with Crippen molar-refractivity contribution in [1.82, 2.24) is 9.78 Å². The van der Waals surface area contributed by atoms with E-state index in [1.165, 1.54) is 15.8 Å². The molecule has 20 heavy (non-hydrogen) atoms. The molecular weight excluding hydrogens is 386 g/mol. The molecule has 6 heteroatoms. The van der Waals surface area contributed by atoms with Crippen LogP contribution in [0.5, 0.6) is 0 Å². The maximum atomic E-state index is 12.0. The zero-order chi connectivity index (χ0) is 14.3. The molecule has 104 valence electrons. The summed E-state index contributed by atoms with van der Waals surface area (Å²) in [5.41, 5.74) is 3.39. The van der Waals surface area contributed by atoms with Crippen LogP contribution in [0.3, 0.4) is 0 Å². The molecule has 1 aliphatic heterocycles. The molecule has 1 aromatic heterocycles. The summed E-state index contributed by atoms with van der Waals surface area (Å²) in [7, 11) is 1.65. The Hall–Kier alpha value is -1.14. The molecule has 1 aromatic carbocycles. The van der Waals surface area contributed by atoms with E-state index in [2.05, 4.69) is 60.1 Å². The summed E-state index contributed by atoms with van der Waals surface area (Å²) in [5, 5.41) is 4.11. The maximum absolute atomic E-state index is 12.0. The number of nitrogens with zero attached hydrogens (tertiary/aromatic N) is 3. The largest absolute Gasteiger partial charge is 0.364 e. The molecule has 2 heterocycles. The monoisotopic (exact) mass is 397 g/mol. The fraction of sp³-hybridized carbons (Fsp3) is 0.286. The minimum Gasteiger partial charge on any atom is -0.364 e. The van der Waals surface area contributed by atoms with Gasteiger partial charge < -0.3 is 4.90 Å². The lowest BCUT2D eigenvalue weighted by atomic mass is 10.00. The lowest BCUT2D eigenvalue weighted by molar-refractivity contribution is 0.679. The zero-order valence-corrected chi connectivity index (χ0v) is 14.1. The van der Waals surface area contributed by atoms with Gasteiger partial charge in [0.2, 0.25) is 0 Å². The molecule has 0 spiro atoms. The van der Waals surface area contributed by atoms with E-state index in [0.29, 0.717) is 4.47 Å². The highest BCUT2D eigenvalue weighted by Crippen LogP contribution is 2.31. The van der Waals surface area contributed by atoms with Gasteiger partial charge in [-0.05, 0) is 39.5 Å². The van der Waals surface area contributed by atoms with Crippen molar-refractivity contribution in [3.63, 3.8) is 0 Å². The Bertz CT molecular complexity index is 727. The predicted molar refractivity (Wildman–Crippen MR) is 86.1 cm³/mol. The van der Waals surface area contributed by atoms with E-state index >= 15 is 0 Å². The lowest BCUT2D eigenvalue weighted by Gasteiger charge is -2.31. The van der Waals surface area contributed by atoms with Gasteiger partial charge in [0.25, 0.3) is 5.56 Å². The van der Waals surface area contributed by atoms with Gasteiger partial charge in [-0.3, -0.25) is 4.79 Å². The van der Waals surface area contributed by atoms with Crippen LogP contribution in [-0.4, -0.2) is 16.3 Å². The summed E-state index contributed by atoms with van der Waals surface area (Å²) < 4.78 is 3.03. The average molecular weight is 399 g/mol. The molecule has 0 saturated carbocycles. The second-order valence-corrected chi connectivity index (χ2v) is 6.47. The Labute approximate surface area is 133 Å². The summed E-state index contributed by atoms with van der Waals surface area (Å²) in [5.74, 6) is 0. The molecule has 0 radical (unpaired) electrons. The highest BCUT2D eigenvalue weighted by molar-refractivity contribution is 9.10. The third kappa shape index (κ3) is 2.31. The third-order valence-electron chi connectivity index (χ3n) is 3.62. The number of benzene rings is 1. The number of aromatic nitrogens is 2. The smallest absolute Gasteiger partial charge is 0.282 e. The van der Waals surface area contributed by atoms with Crippen molar-refractivity contribution in [2.45, 2.75) is 13.0 Å². The number of halogens is 2. The number of aryl methyl sites for hydroxylation is 1. The fourth-order valence-corrected chi connectivity index (χ4v) is 3.61. The molecule has 1 aliphatic rings. The molecule has 2 aromatic rings. The van der Waals surface area contributed by atoms with Gasteiger partial charge in [-0.2, -0.15) is 5.10 Å². The molecule has 0 fully saturated rings. The van der Waals surface area contributed by atoms with E-state index in [4.69, 9.17) is 0 Å². The maximum Gasteiger partial charge on any atom is 0.282 e. The van der Waals surface area contributed by atoms with Crippen LogP contribution in [0.4, 0.5) is 5.69 Å². The van der Waals surface area contributed by atoms with E-state index < -0.39 is 0 Å². The first-order valence-corrected chi connectivity index (χ1v) is 7.89. The van der Waals surface area contributed by atoms with Gasteiger partial charge in [0, 0.05) is 24.6 Å². The van der Waals surface area contributed by atoms with Crippen molar-refractivity contribution in [2.24, 2.45) is 7.05 Å². The molecule has 4 nitrogen and oxygen atoms in total. The van der Waals surface area contributed by atoms with Gasteiger partial charge in [0.1, 0.15) is 4.47 Å². The van der Waals surface area contributed by atoms with Gasteiger partial charge in [0.05, 0.1) is 11.9 Å². The van der Waals surface area contributed by atoms with Gasteiger partial charge in [-0.1, -0.05) is 28.1 Å². The summed E-state index contributed by atoms with van der Waals surface area (Å²) in [4.78, 5) is 14.1. The molecular formula is C14H13Br2N3O. The van der Waals surface area contributed by atoms with Crippen molar-refractivity contribution < 1.29 is 0 Å². The number of hydrogen-bond donors (Lipinski definition) is 0. The van der Waals surface area contributed by atoms with Crippen LogP contribution < -0.4 is 10.5 Å². The van der Waals surface area contributed by atoms with E-state index in [0.717, 1.165) is 29.7 Å². The van der Waals surface area contributed by atoms with Crippen LogP contribution in [0.2, 0.25) is 0 Å². The van der Waals surface area contributed by atoms with Crippen molar-refractivity contribution in [2.75, 3.05) is 11.4 Å². The van der Waals surface area contributed by atoms with Crippen LogP contribution in [0.15, 0.2) is 38.1 Å². The summed E-state index contributed by atoms with van der Waals surface area (Å²) in [6.07, 6.45) is 2.71. The molecule has 0 bridgehead atoms. The minimum atomic E-state index is -0.111. The normalized spacial score (nSPS) is 14.2. The minimum absolute atomic E-state index is 0.111. The third-order valence-corrected chi connectivity index (χ3v) is 5.10. The number of hydrogen-bond acceptors (Lipinski definition) is 3. The Kier molecular flexibility index (Phi) is 3.69. The number of fused-ring (bicyclic) bond motifs is 1. The summed E-state index contributed by atoms with van der Waals surface area (Å²) >= 11 is 7.01. The molecule has 0 amide bonds. The average Bonchev–Trinajstić information content (AvgIpc) is 2.45. The van der Waals surface area contributed by atoms with E-state index in [1.807, 2.05) is 0 Å². The van der Waals surface area contributed by atoms with Crippen LogP contribution >= 0.6 is 31.9 Å². The van der Waals surface area contributed by atoms with Crippen LogP contribution in [0.25, 0.3) is 0 Å². The molecule has 3 rings (SSSR count). The van der Waals surface area contributed by atoms with Crippen molar-refractivity contribution >= 4 is 37.5 Å². The van der Waals surface area contributed by atoms with Crippen molar-refractivity contribution in [3.8, 4) is 0 Å². The zero-order valence-electron chi connectivity index (χ0n) is 10.9. The Morgan fingerprint density at radius 3 is 2.90 bits per heavy atom. The first-order valence-electron chi connectivity index (χ1n) is 6.31. The predicted octanol–water partition coefficient (Wildman–Crippen LogP) is 2.87. The van der Waals surface area contributed by atoms with Crippen molar-refractivity contribution in [3.05, 3.63) is 54.8 Å². The standard InChI is InChI=1S/C14H13Br2N3O/c1-18-14(20)13(16)12(7-17-18)19-6-5-9-3-2-4-11(15)10(9)8-19/h2-4,7H,5-6,8H2,1H3. The lowest BCUT2D eigenvalue weighted by Crippen LogP contribution is -2.33. The second-order valence-electron chi connectivity index (χ2n) is 4.82. The van der Waals surface area contributed by atoms with Crippen LogP contribution in [-0.2, 0) is 20.0 Å². The number of anilines is 1. The highest BCUT2D eigenvalue weighted by atomic mass is 79.9. The topological polar surface area (TPSA) is 38.1 Å². The Morgan fingerprint density at radius 2 is 2.10 bits per heavy atom. The number of rotatable bonds is 1. The fourth-order valence-electron chi connectivity index (χ4n) is 2.47. The first-order chi connectivity index (χ1) is 9.58. The van der Waals surface area contributed by atoms with E-state index in [9.17, 15) is 4.79 Å². The SMILES string of the molecule is Cn1ncc(N2CCc3cccc(Br)c3C2)c(Br)c1=O. The molecule has 0 aliphatic carbocycles. The van der Waals surface area contributed by atoms with Crippen molar-refractivity contribution in [1.29, 1.82) is 0 Å². The quantitative estimate of drug-likeness (QED) is 0.741. The summed E-state index contributed by atoms with van der Waals surface area (Å²) in [6.45, 7) is 1.67. The Morgan fingerprint density at radius 1 is 1.30 bits per heavy atom. The second kappa shape index (κ2) is 5.33. The van der Waals surface area contributed by atoms with Gasteiger partial charge in [0.15, 0.2) is 0 Å². The molecule has 0 unspecified atom stereocenters. The highest BCUT2D eigenvalue weighted by Gasteiger charge is 2.21. The first kappa shape index (κ1) is 13.8.